The maximum atomic E-state index is 6.43. The fourth-order valence-electron chi connectivity index (χ4n) is 3.05. The molecular weight excluding hydrogens is 392 g/mol. The van der Waals surface area contributed by atoms with Crippen molar-refractivity contribution in [3.8, 4) is 11.4 Å². The van der Waals surface area contributed by atoms with Crippen LogP contribution in [0.2, 0.25) is 5.15 Å². The summed E-state index contributed by atoms with van der Waals surface area (Å²) in [4.78, 5) is 4.55. The minimum Gasteiger partial charge on any atom is -0.469 e. The fourth-order valence-corrected chi connectivity index (χ4v) is 4.26. The van der Waals surface area contributed by atoms with Gasteiger partial charge in [0.25, 0.3) is 0 Å². The highest BCUT2D eigenvalue weighted by molar-refractivity contribution is 7.98. The predicted octanol–water partition coefficient (Wildman–Crippen LogP) is 5.83. The number of pyridine rings is 1. The van der Waals surface area contributed by atoms with Crippen molar-refractivity contribution in [3.05, 3.63) is 71.3 Å². The number of hydrogen-bond acceptors (Lipinski definition) is 5. The molecule has 1 aromatic carbocycles. The molecule has 3 heterocycles. The van der Waals surface area contributed by atoms with Gasteiger partial charge < -0.3 is 4.42 Å². The summed E-state index contributed by atoms with van der Waals surface area (Å²) < 4.78 is 7.45. The van der Waals surface area contributed by atoms with Gasteiger partial charge >= 0.3 is 0 Å². The topological polar surface area (TPSA) is 56.7 Å². The van der Waals surface area contributed by atoms with Gasteiger partial charge in [0, 0.05) is 23.2 Å². The molecule has 0 fully saturated rings. The number of benzene rings is 1. The van der Waals surface area contributed by atoms with Crippen LogP contribution in [0.3, 0.4) is 0 Å². The van der Waals surface area contributed by atoms with Crippen LogP contribution in [0.4, 0.5) is 0 Å². The zero-order valence-electron chi connectivity index (χ0n) is 15.6. The number of hydrogen-bond donors (Lipinski definition) is 0. The molecule has 0 saturated heterocycles. The van der Waals surface area contributed by atoms with Gasteiger partial charge in [-0.05, 0) is 37.6 Å². The summed E-state index contributed by atoms with van der Waals surface area (Å²) >= 11 is 8.01. The van der Waals surface area contributed by atoms with Crippen molar-refractivity contribution in [2.45, 2.75) is 31.3 Å². The fraction of sp³-hybridized carbons (Fsp3) is 0.190. The summed E-state index contributed by atoms with van der Waals surface area (Å²) in [6.45, 7) is 8.42. The Kier molecular flexibility index (Phi) is 5.24. The minimum absolute atomic E-state index is 0.520. The molecule has 4 aromatic rings. The molecule has 5 nitrogen and oxygen atoms in total. The Morgan fingerprint density at radius 1 is 1.21 bits per heavy atom. The lowest BCUT2D eigenvalue weighted by atomic mass is 10.1. The zero-order valence-corrected chi connectivity index (χ0v) is 17.2. The van der Waals surface area contributed by atoms with Gasteiger partial charge in [-0.1, -0.05) is 41.6 Å². The molecule has 142 valence electrons. The number of aryl methyl sites for hydroxylation is 2. The van der Waals surface area contributed by atoms with E-state index in [1.807, 2.05) is 36.6 Å². The van der Waals surface area contributed by atoms with E-state index in [0.717, 1.165) is 44.3 Å². The van der Waals surface area contributed by atoms with Gasteiger partial charge in [0.2, 0.25) is 0 Å². The molecule has 0 unspecified atom stereocenters. The number of aromatic nitrogens is 4. The second-order valence-electron chi connectivity index (χ2n) is 6.52. The molecule has 4 rings (SSSR count). The third-order valence-electron chi connectivity index (χ3n) is 4.48. The van der Waals surface area contributed by atoms with E-state index < -0.39 is 0 Å². The Balaban J connectivity index is 1.63. The molecular formula is C21H19ClN4OS. The molecule has 0 spiro atoms. The lowest BCUT2D eigenvalue weighted by Crippen LogP contribution is -2.01. The van der Waals surface area contributed by atoms with Crippen LogP contribution >= 0.6 is 23.4 Å². The maximum absolute atomic E-state index is 6.43. The quantitative estimate of drug-likeness (QED) is 0.227. The average Bonchev–Trinajstić information content (AvgIpc) is 3.26. The van der Waals surface area contributed by atoms with E-state index in [0.29, 0.717) is 17.5 Å². The molecule has 0 aliphatic heterocycles. The lowest BCUT2D eigenvalue weighted by molar-refractivity contribution is 0.534. The van der Waals surface area contributed by atoms with Gasteiger partial charge in [-0.2, -0.15) is 0 Å². The molecule has 3 aromatic heterocycles. The van der Waals surface area contributed by atoms with Gasteiger partial charge in [0.05, 0.1) is 17.3 Å². The zero-order chi connectivity index (χ0) is 19.7. The highest BCUT2D eigenvalue weighted by Gasteiger charge is 2.17. The highest BCUT2D eigenvalue weighted by atomic mass is 35.5. The van der Waals surface area contributed by atoms with E-state index in [-0.39, 0.29) is 0 Å². The molecule has 0 saturated carbocycles. The van der Waals surface area contributed by atoms with Gasteiger partial charge in [-0.25, -0.2) is 4.98 Å². The van der Waals surface area contributed by atoms with Crippen molar-refractivity contribution in [2.75, 3.05) is 0 Å². The maximum Gasteiger partial charge on any atom is 0.192 e. The summed E-state index contributed by atoms with van der Waals surface area (Å²) in [7, 11) is 0. The van der Waals surface area contributed by atoms with E-state index in [4.69, 9.17) is 16.0 Å². The van der Waals surface area contributed by atoms with Crippen LogP contribution < -0.4 is 0 Å². The smallest absolute Gasteiger partial charge is 0.192 e. The molecule has 0 bridgehead atoms. The van der Waals surface area contributed by atoms with E-state index >= 15 is 0 Å². The Hall–Kier alpha value is -2.57. The van der Waals surface area contributed by atoms with Crippen LogP contribution in [0.15, 0.2) is 58.8 Å². The molecule has 0 atom stereocenters. The predicted molar refractivity (Wildman–Crippen MR) is 114 cm³/mol. The average molecular weight is 411 g/mol. The number of halogens is 1. The number of thioether (sulfide) groups is 1. The summed E-state index contributed by atoms with van der Waals surface area (Å²) in [6, 6.07) is 10.2. The van der Waals surface area contributed by atoms with Crippen molar-refractivity contribution in [1.82, 2.24) is 19.7 Å². The Labute approximate surface area is 172 Å². The van der Waals surface area contributed by atoms with Gasteiger partial charge in [-0.15, -0.1) is 16.8 Å². The van der Waals surface area contributed by atoms with Gasteiger partial charge in [0.1, 0.15) is 10.9 Å². The summed E-state index contributed by atoms with van der Waals surface area (Å²) in [5.74, 6) is 2.23. The van der Waals surface area contributed by atoms with Crippen molar-refractivity contribution in [1.29, 1.82) is 0 Å². The first-order valence-electron chi connectivity index (χ1n) is 8.84. The third kappa shape index (κ3) is 3.57. The first-order valence-corrected chi connectivity index (χ1v) is 10.2. The van der Waals surface area contributed by atoms with Gasteiger partial charge in [-0.3, -0.25) is 4.57 Å². The first kappa shape index (κ1) is 18.8. The van der Waals surface area contributed by atoms with Crippen molar-refractivity contribution in [3.63, 3.8) is 0 Å². The molecule has 0 radical (unpaired) electrons. The van der Waals surface area contributed by atoms with Crippen molar-refractivity contribution in [2.24, 2.45) is 0 Å². The normalized spacial score (nSPS) is 11.2. The largest absolute Gasteiger partial charge is 0.469 e. The van der Waals surface area contributed by atoms with E-state index in [9.17, 15) is 0 Å². The molecule has 28 heavy (non-hydrogen) atoms. The van der Waals surface area contributed by atoms with Crippen LogP contribution in [0.1, 0.15) is 16.9 Å². The second-order valence-corrected chi connectivity index (χ2v) is 7.82. The highest BCUT2D eigenvalue weighted by Crippen LogP contribution is 2.31. The van der Waals surface area contributed by atoms with Crippen molar-refractivity contribution >= 4 is 34.3 Å². The van der Waals surface area contributed by atoms with Crippen LogP contribution in [-0.2, 0) is 12.3 Å². The molecule has 0 aliphatic carbocycles. The number of allylic oxidation sites excluding steroid dienone is 1. The van der Waals surface area contributed by atoms with Gasteiger partial charge in [0.15, 0.2) is 11.0 Å². The number of rotatable bonds is 6. The molecule has 0 amide bonds. The standard InChI is InChI=1S/C21H19ClN4OS/c1-4-8-26-20(17-7-9-27-14(17)3)24-25-21(26)28-12-16-11-15-6-5-13(2)10-18(15)23-19(16)22/h4-7,9-11H,1,8,12H2,2-3H3. The molecule has 0 N–H and O–H groups in total. The summed E-state index contributed by atoms with van der Waals surface area (Å²) in [6.07, 6.45) is 3.49. The minimum atomic E-state index is 0.520. The summed E-state index contributed by atoms with van der Waals surface area (Å²) in [5, 5.41) is 11.1. The van der Waals surface area contributed by atoms with Crippen LogP contribution in [0, 0.1) is 13.8 Å². The van der Waals surface area contributed by atoms with E-state index in [1.165, 1.54) is 0 Å². The lowest BCUT2D eigenvalue weighted by Gasteiger charge is -2.09. The Bertz CT molecular complexity index is 1160. The molecule has 7 heteroatoms. The Morgan fingerprint density at radius 3 is 2.82 bits per heavy atom. The number of nitrogens with zero attached hydrogens (tertiary/aromatic N) is 4. The SMILES string of the molecule is C=CCn1c(SCc2cc3ccc(C)cc3nc2Cl)nnc1-c1ccoc1C. The van der Waals surface area contributed by atoms with Crippen LogP contribution in [-0.4, -0.2) is 19.7 Å². The molecule has 0 aliphatic rings. The van der Waals surface area contributed by atoms with E-state index in [1.54, 1.807) is 18.0 Å². The number of furan rings is 1. The van der Waals surface area contributed by atoms with Crippen molar-refractivity contribution < 1.29 is 4.42 Å². The van der Waals surface area contributed by atoms with Crippen LogP contribution in [0.25, 0.3) is 22.3 Å². The van der Waals surface area contributed by atoms with Crippen LogP contribution in [0.5, 0.6) is 0 Å². The third-order valence-corrected chi connectivity index (χ3v) is 5.83. The monoisotopic (exact) mass is 410 g/mol. The second kappa shape index (κ2) is 7.81. The van der Waals surface area contributed by atoms with E-state index in [2.05, 4.69) is 40.0 Å². The first-order chi connectivity index (χ1) is 13.6. The summed E-state index contributed by atoms with van der Waals surface area (Å²) in [5.41, 5.74) is 3.98. The Morgan fingerprint density at radius 2 is 2.07 bits per heavy atom. The number of fused-ring (bicyclic) bond motifs is 1.